The Morgan fingerprint density at radius 3 is 2.55 bits per heavy atom. The minimum absolute atomic E-state index is 0.352. The summed E-state index contributed by atoms with van der Waals surface area (Å²) in [7, 11) is 0. The van der Waals surface area contributed by atoms with Crippen LogP contribution >= 0.6 is 22.9 Å². The molecule has 64 valence electrons. The standard InChI is InChI=1S/C7H12INO2/c8-9-3-1-6(2-4-9)5-7(10)11/h6H,1-5H2,(H,10,11). The van der Waals surface area contributed by atoms with Gasteiger partial charge < -0.3 is 5.11 Å². The fourth-order valence-corrected chi connectivity index (χ4v) is 1.91. The molecule has 0 atom stereocenters. The van der Waals surface area contributed by atoms with Gasteiger partial charge in [-0.2, -0.15) is 0 Å². The van der Waals surface area contributed by atoms with Crippen LogP contribution in [0.2, 0.25) is 0 Å². The number of piperidine rings is 1. The molecule has 0 aliphatic carbocycles. The third-order valence-electron chi connectivity index (χ3n) is 2.02. The average molecular weight is 269 g/mol. The second-order valence-electron chi connectivity index (χ2n) is 2.95. The fourth-order valence-electron chi connectivity index (χ4n) is 1.35. The minimum Gasteiger partial charge on any atom is -0.481 e. The van der Waals surface area contributed by atoms with E-state index in [4.69, 9.17) is 5.11 Å². The number of carboxylic acids is 1. The predicted octanol–water partition coefficient (Wildman–Crippen LogP) is 1.52. The van der Waals surface area contributed by atoms with Crippen LogP contribution in [0.15, 0.2) is 0 Å². The summed E-state index contributed by atoms with van der Waals surface area (Å²) in [6.45, 7) is 2.08. The minimum atomic E-state index is -0.656. The maximum Gasteiger partial charge on any atom is 0.303 e. The van der Waals surface area contributed by atoms with Crippen LogP contribution < -0.4 is 0 Å². The van der Waals surface area contributed by atoms with Gasteiger partial charge in [0.1, 0.15) is 0 Å². The van der Waals surface area contributed by atoms with Gasteiger partial charge in [-0.1, -0.05) is 0 Å². The van der Waals surface area contributed by atoms with E-state index in [1.807, 2.05) is 0 Å². The third-order valence-corrected chi connectivity index (χ3v) is 2.99. The monoisotopic (exact) mass is 269 g/mol. The van der Waals surface area contributed by atoms with Gasteiger partial charge in [0.25, 0.3) is 0 Å². The molecule has 1 aliphatic heterocycles. The van der Waals surface area contributed by atoms with Crippen LogP contribution in [0.4, 0.5) is 0 Å². The Morgan fingerprint density at radius 1 is 1.55 bits per heavy atom. The van der Waals surface area contributed by atoms with E-state index in [-0.39, 0.29) is 0 Å². The molecule has 0 radical (unpaired) electrons. The van der Waals surface area contributed by atoms with Crippen LogP contribution in [0.3, 0.4) is 0 Å². The number of rotatable bonds is 2. The molecule has 1 saturated heterocycles. The van der Waals surface area contributed by atoms with Crippen molar-refractivity contribution in [2.75, 3.05) is 13.1 Å². The number of nitrogens with zero attached hydrogens (tertiary/aromatic N) is 1. The zero-order chi connectivity index (χ0) is 8.27. The van der Waals surface area contributed by atoms with Crippen molar-refractivity contribution < 1.29 is 9.90 Å². The molecule has 1 N–H and O–H groups in total. The highest BCUT2D eigenvalue weighted by atomic mass is 127. The molecular weight excluding hydrogens is 257 g/mol. The first-order valence-corrected chi connectivity index (χ1v) is 4.77. The Kier molecular flexibility index (Phi) is 3.58. The first-order valence-electron chi connectivity index (χ1n) is 3.81. The number of aliphatic carboxylic acids is 1. The summed E-state index contributed by atoms with van der Waals surface area (Å²) < 4.78 is 2.22. The van der Waals surface area contributed by atoms with E-state index in [1.54, 1.807) is 0 Å². The molecular formula is C7H12INO2. The van der Waals surface area contributed by atoms with Gasteiger partial charge in [-0.15, -0.1) is 0 Å². The zero-order valence-electron chi connectivity index (χ0n) is 6.29. The Labute approximate surface area is 80.3 Å². The van der Waals surface area contributed by atoms with E-state index in [1.165, 1.54) is 0 Å². The molecule has 1 fully saturated rings. The molecule has 0 amide bonds. The van der Waals surface area contributed by atoms with Crippen molar-refractivity contribution in [3.63, 3.8) is 0 Å². The summed E-state index contributed by atoms with van der Waals surface area (Å²) in [5, 5.41) is 8.52. The molecule has 0 bridgehead atoms. The van der Waals surface area contributed by atoms with Crippen molar-refractivity contribution >= 4 is 28.8 Å². The maximum absolute atomic E-state index is 10.3. The van der Waals surface area contributed by atoms with Crippen molar-refractivity contribution in [2.24, 2.45) is 5.92 Å². The number of halogens is 1. The zero-order valence-corrected chi connectivity index (χ0v) is 8.45. The molecule has 1 aliphatic rings. The average Bonchev–Trinajstić information content (AvgIpc) is 1.93. The quantitative estimate of drug-likeness (QED) is 0.610. The molecule has 0 aromatic rings. The van der Waals surface area contributed by atoms with Crippen molar-refractivity contribution in [3.8, 4) is 0 Å². The summed E-state index contributed by atoms with van der Waals surface area (Å²) in [5.41, 5.74) is 0. The smallest absolute Gasteiger partial charge is 0.303 e. The topological polar surface area (TPSA) is 40.5 Å². The van der Waals surface area contributed by atoms with Gasteiger partial charge in [-0.3, -0.25) is 4.79 Å². The Hall–Kier alpha value is 0.160. The van der Waals surface area contributed by atoms with Gasteiger partial charge in [0, 0.05) is 42.4 Å². The number of hydrogen-bond acceptors (Lipinski definition) is 2. The summed E-state index contributed by atoms with van der Waals surface area (Å²) in [6, 6.07) is 0. The lowest BCUT2D eigenvalue weighted by Crippen LogP contribution is -2.27. The summed E-state index contributed by atoms with van der Waals surface area (Å²) >= 11 is 2.29. The van der Waals surface area contributed by atoms with E-state index in [2.05, 4.69) is 26.0 Å². The molecule has 0 saturated carbocycles. The fraction of sp³-hybridized carbons (Fsp3) is 0.857. The lowest BCUT2D eigenvalue weighted by molar-refractivity contribution is -0.138. The Bertz CT molecular complexity index is 143. The molecule has 11 heavy (non-hydrogen) atoms. The van der Waals surface area contributed by atoms with E-state index in [9.17, 15) is 4.79 Å². The van der Waals surface area contributed by atoms with E-state index >= 15 is 0 Å². The predicted molar refractivity (Wildman–Crippen MR) is 50.6 cm³/mol. The summed E-state index contributed by atoms with van der Waals surface area (Å²) in [6.07, 6.45) is 2.43. The first-order chi connectivity index (χ1) is 5.18. The van der Waals surface area contributed by atoms with Crippen LogP contribution in [0.1, 0.15) is 19.3 Å². The van der Waals surface area contributed by atoms with Crippen LogP contribution in [0.5, 0.6) is 0 Å². The Balaban J connectivity index is 2.22. The number of hydrogen-bond donors (Lipinski definition) is 1. The van der Waals surface area contributed by atoms with Crippen molar-refractivity contribution in [1.82, 2.24) is 3.11 Å². The van der Waals surface area contributed by atoms with Gasteiger partial charge >= 0.3 is 5.97 Å². The molecule has 0 aromatic heterocycles. The first kappa shape index (κ1) is 9.25. The summed E-state index contributed by atoms with van der Waals surface area (Å²) in [5.74, 6) is -0.240. The lowest BCUT2D eigenvalue weighted by atomic mass is 9.95. The van der Waals surface area contributed by atoms with Gasteiger partial charge in [0.15, 0.2) is 0 Å². The third kappa shape index (κ3) is 3.37. The van der Waals surface area contributed by atoms with Crippen LogP contribution in [-0.2, 0) is 4.79 Å². The molecule has 3 nitrogen and oxygen atoms in total. The molecule has 0 aromatic carbocycles. The highest BCUT2D eigenvalue weighted by Gasteiger charge is 2.19. The highest BCUT2D eigenvalue weighted by molar-refractivity contribution is 14.1. The van der Waals surface area contributed by atoms with Crippen LogP contribution in [0, 0.1) is 5.92 Å². The highest BCUT2D eigenvalue weighted by Crippen LogP contribution is 2.21. The van der Waals surface area contributed by atoms with E-state index in [0.29, 0.717) is 12.3 Å². The normalized spacial score (nSPS) is 21.9. The van der Waals surface area contributed by atoms with E-state index < -0.39 is 5.97 Å². The van der Waals surface area contributed by atoms with Crippen molar-refractivity contribution in [3.05, 3.63) is 0 Å². The molecule has 1 heterocycles. The van der Waals surface area contributed by atoms with Gasteiger partial charge in [0.2, 0.25) is 0 Å². The molecule has 4 heteroatoms. The van der Waals surface area contributed by atoms with Gasteiger partial charge in [-0.25, -0.2) is 3.11 Å². The van der Waals surface area contributed by atoms with Crippen molar-refractivity contribution in [2.45, 2.75) is 19.3 Å². The second-order valence-corrected chi connectivity index (χ2v) is 4.32. The number of carboxylic acid groups (broad SMARTS) is 1. The number of carbonyl (C=O) groups is 1. The molecule has 0 unspecified atom stereocenters. The lowest BCUT2D eigenvalue weighted by Gasteiger charge is -2.26. The van der Waals surface area contributed by atoms with Crippen LogP contribution in [-0.4, -0.2) is 27.3 Å². The summed E-state index contributed by atoms with van der Waals surface area (Å²) in [4.78, 5) is 10.3. The Morgan fingerprint density at radius 2 is 2.09 bits per heavy atom. The van der Waals surface area contributed by atoms with Gasteiger partial charge in [-0.05, 0) is 18.8 Å². The van der Waals surface area contributed by atoms with Crippen molar-refractivity contribution in [1.29, 1.82) is 0 Å². The molecule has 0 spiro atoms. The molecule has 1 rings (SSSR count). The SMILES string of the molecule is O=C(O)CC1CCN(I)CC1. The van der Waals surface area contributed by atoms with E-state index in [0.717, 1.165) is 25.9 Å². The maximum atomic E-state index is 10.3. The largest absolute Gasteiger partial charge is 0.481 e. The van der Waals surface area contributed by atoms with Gasteiger partial charge in [0.05, 0.1) is 0 Å². The van der Waals surface area contributed by atoms with Crippen LogP contribution in [0.25, 0.3) is 0 Å². The second kappa shape index (κ2) is 4.25.